The second kappa shape index (κ2) is 9.92. The summed E-state index contributed by atoms with van der Waals surface area (Å²) in [5.74, 6) is -0.216. The zero-order valence-corrected chi connectivity index (χ0v) is 11.0. The maximum atomic E-state index is 12.2. The van der Waals surface area contributed by atoms with Crippen LogP contribution in [0.4, 0.5) is 4.39 Å². The van der Waals surface area contributed by atoms with Gasteiger partial charge in [-0.05, 0) is 17.7 Å². The SMILES string of the molecule is NCc1ccc(F)cc1.[Br-].[Br-].[Mg+2]. The largest absolute Gasteiger partial charge is 2.00 e. The summed E-state index contributed by atoms with van der Waals surface area (Å²) in [7, 11) is 0. The average molecular weight is 309 g/mol. The summed E-state index contributed by atoms with van der Waals surface area (Å²) in [6.45, 7) is 0.472. The monoisotopic (exact) mass is 307 g/mol. The molecule has 12 heavy (non-hydrogen) atoms. The molecule has 5 heteroatoms. The first-order valence-electron chi connectivity index (χ1n) is 2.77. The van der Waals surface area contributed by atoms with E-state index >= 15 is 0 Å². The number of hydrogen-bond donors (Lipinski definition) is 1. The van der Waals surface area contributed by atoms with Crippen molar-refractivity contribution < 1.29 is 38.4 Å². The quantitative estimate of drug-likeness (QED) is 0.516. The minimum Gasteiger partial charge on any atom is -1.00 e. The standard InChI is InChI=1S/C7H8FN.2BrH.Mg/c8-7-3-1-6(5-9)2-4-7;;;/h1-4H,5,9H2;2*1H;/q;;;+2/p-2. The topological polar surface area (TPSA) is 26.0 Å². The van der Waals surface area contributed by atoms with Crippen molar-refractivity contribution in [2.45, 2.75) is 6.54 Å². The molecular formula is C7H8Br2FMgN. The van der Waals surface area contributed by atoms with Crippen LogP contribution in [0.5, 0.6) is 0 Å². The van der Waals surface area contributed by atoms with E-state index in [9.17, 15) is 4.39 Å². The minimum absolute atomic E-state index is 0. The maximum Gasteiger partial charge on any atom is 2.00 e. The maximum absolute atomic E-state index is 12.2. The zero-order valence-electron chi connectivity index (χ0n) is 6.43. The molecule has 0 unspecified atom stereocenters. The molecule has 0 radical (unpaired) electrons. The normalized spacial score (nSPS) is 7.17. The molecule has 0 saturated carbocycles. The van der Waals surface area contributed by atoms with Crippen molar-refractivity contribution in [1.29, 1.82) is 0 Å². The van der Waals surface area contributed by atoms with E-state index in [1.807, 2.05) is 0 Å². The van der Waals surface area contributed by atoms with Gasteiger partial charge in [0.1, 0.15) is 5.82 Å². The Morgan fingerprint density at radius 1 is 1.08 bits per heavy atom. The molecule has 0 heterocycles. The van der Waals surface area contributed by atoms with E-state index < -0.39 is 0 Å². The molecule has 0 saturated heterocycles. The second-order valence-electron chi connectivity index (χ2n) is 1.83. The van der Waals surface area contributed by atoms with E-state index in [2.05, 4.69) is 0 Å². The van der Waals surface area contributed by atoms with Gasteiger partial charge < -0.3 is 39.7 Å². The van der Waals surface area contributed by atoms with Crippen LogP contribution in [0.1, 0.15) is 5.56 Å². The first-order chi connectivity index (χ1) is 4.33. The van der Waals surface area contributed by atoms with Gasteiger partial charge in [-0.15, -0.1) is 0 Å². The second-order valence-corrected chi connectivity index (χ2v) is 1.83. The number of hydrogen-bond acceptors (Lipinski definition) is 1. The van der Waals surface area contributed by atoms with Crippen LogP contribution in [0.3, 0.4) is 0 Å². The molecule has 1 nitrogen and oxygen atoms in total. The molecule has 0 aliphatic heterocycles. The zero-order chi connectivity index (χ0) is 6.69. The summed E-state index contributed by atoms with van der Waals surface area (Å²) in [6, 6.07) is 6.16. The van der Waals surface area contributed by atoms with Crippen molar-refractivity contribution in [3.8, 4) is 0 Å². The van der Waals surface area contributed by atoms with Crippen molar-refractivity contribution >= 4 is 23.1 Å². The molecular weight excluding hydrogens is 301 g/mol. The molecule has 0 atom stereocenters. The van der Waals surface area contributed by atoms with Crippen LogP contribution in [-0.4, -0.2) is 23.1 Å². The third-order valence-corrected chi connectivity index (χ3v) is 1.15. The molecule has 64 valence electrons. The Morgan fingerprint density at radius 3 is 1.83 bits per heavy atom. The van der Waals surface area contributed by atoms with Gasteiger partial charge in [0.2, 0.25) is 0 Å². The first kappa shape index (κ1) is 18.6. The van der Waals surface area contributed by atoms with Crippen molar-refractivity contribution in [2.24, 2.45) is 5.73 Å². The molecule has 0 aromatic heterocycles. The van der Waals surface area contributed by atoms with Crippen molar-refractivity contribution in [3.63, 3.8) is 0 Å². The van der Waals surface area contributed by atoms with Crippen LogP contribution in [0.2, 0.25) is 0 Å². The fourth-order valence-electron chi connectivity index (χ4n) is 0.620. The Labute approximate surface area is 109 Å². The van der Waals surface area contributed by atoms with Gasteiger partial charge >= 0.3 is 23.1 Å². The molecule has 0 spiro atoms. The van der Waals surface area contributed by atoms with Crippen molar-refractivity contribution in [2.75, 3.05) is 0 Å². The van der Waals surface area contributed by atoms with Crippen LogP contribution in [0.15, 0.2) is 24.3 Å². The van der Waals surface area contributed by atoms with Crippen LogP contribution in [0.25, 0.3) is 0 Å². The third kappa shape index (κ3) is 6.36. The number of benzene rings is 1. The van der Waals surface area contributed by atoms with E-state index in [4.69, 9.17) is 5.73 Å². The van der Waals surface area contributed by atoms with Gasteiger partial charge in [-0.1, -0.05) is 12.1 Å². The summed E-state index contributed by atoms with van der Waals surface area (Å²) in [5.41, 5.74) is 6.23. The molecule has 0 aliphatic carbocycles. The summed E-state index contributed by atoms with van der Waals surface area (Å²) in [4.78, 5) is 0. The van der Waals surface area contributed by atoms with Gasteiger partial charge in [0.15, 0.2) is 0 Å². The third-order valence-electron chi connectivity index (χ3n) is 1.15. The number of rotatable bonds is 1. The van der Waals surface area contributed by atoms with Gasteiger partial charge in [0, 0.05) is 6.54 Å². The summed E-state index contributed by atoms with van der Waals surface area (Å²) >= 11 is 0. The minimum atomic E-state index is -0.216. The van der Waals surface area contributed by atoms with Crippen LogP contribution >= 0.6 is 0 Å². The molecule has 2 N–H and O–H groups in total. The predicted octanol–water partition coefficient (Wildman–Crippen LogP) is -5.09. The summed E-state index contributed by atoms with van der Waals surface area (Å²) in [5, 5.41) is 0. The molecule has 0 fully saturated rings. The predicted molar refractivity (Wildman–Crippen MR) is 40.0 cm³/mol. The van der Waals surface area contributed by atoms with Gasteiger partial charge in [-0.25, -0.2) is 4.39 Å². The van der Waals surface area contributed by atoms with E-state index in [1.165, 1.54) is 12.1 Å². The van der Waals surface area contributed by atoms with Gasteiger partial charge in [-0.2, -0.15) is 0 Å². The Bertz CT molecular complexity index is 193. The molecule has 0 bridgehead atoms. The molecule has 1 aromatic rings. The van der Waals surface area contributed by atoms with Crippen LogP contribution in [-0.2, 0) is 6.54 Å². The first-order valence-corrected chi connectivity index (χ1v) is 2.77. The van der Waals surface area contributed by atoms with Crippen molar-refractivity contribution in [3.05, 3.63) is 35.6 Å². The average Bonchev–Trinajstić information content (AvgIpc) is 1.90. The van der Waals surface area contributed by atoms with Gasteiger partial charge in [-0.3, -0.25) is 0 Å². The molecule has 1 rings (SSSR count). The summed E-state index contributed by atoms with van der Waals surface area (Å²) < 4.78 is 12.2. The van der Waals surface area contributed by atoms with Gasteiger partial charge in [0.25, 0.3) is 0 Å². The Morgan fingerprint density at radius 2 is 1.50 bits per heavy atom. The fraction of sp³-hybridized carbons (Fsp3) is 0.143. The van der Waals surface area contributed by atoms with E-state index in [-0.39, 0.29) is 62.8 Å². The Kier molecular flexibility index (Phi) is 15.4. The summed E-state index contributed by atoms with van der Waals surface area (Å²) in [6.07, 6.45) is 0. The van der Waals surface area contributed by atoms with Crippen LogP contribution in [0, 0.1) is 5.82 Å². The number of halogens is 3. The van der Waals surface area contributed by atoms with Crippen LogP contribution < -0.4 is 39.7 Å². The number of nitrogens with two attached hydrogens (primary N) is 1. The Hall–Kier alpha value is 0.836. The fourth-order valence-corrected chi connectivity index (χ4v) is 0.620. The van der Waals surface area contributed by atoms with E-state index in [0.29, 0.717) is 6.54 Å². The Balaban J connectivity index is -0.000000270. The molecule has 0 aliphatic rings. The molecule has 1 aromatic carbocycles. The van der Waals surface area contributed by atoms with Gasteiger partial charge in [0.05, 0.1) is 0 Å². The van der Waals surface area contributed by atoms with E-state index in [0.717, 1.165) is 5.56 Å². The smallest absolute Gasteiger partial charge is 1.00 e. The van der Waals surface area contributed by atoms with Crippen molar-refractivity contribution in [1.82, 2.24) is 0 Å². The van der Waals surface area contributed by atoms with E-state index in [1.54, 1.807) is 12.1 Å². The molecule has 0 amide bonds.